The van der Waals surface area contributed by atoms with Crippen LogP contribution in [0.15, 0.2) is 52.1 Å². The smallest absolute Gasteiger partial charge is 0.332 e. The second-order valence-electron chi connectivity index (χ2n) is 6.56. The third-order valence-electron chi connectivity index (χ3n) is 4.40. The Kier molecular flexibility index (Phi) is 6.73. The number of hydrogen-bond acceptors (Lipinski definition) is 6. The molecule has 0 atom stereocenters. The van der Waals surface area contributed by atoms with Crippen molar-refractivity contribution >= 4 is 40.0 Å². The molecule has 162 valence electrons. The molecule has 0 aliphatic rings. The Balaban J connectivity index is 2.00. The van der Waals surface area contributed by atoms with Crippen molar-refractivity contribution in [3.63, 3.8) is 0 Å². The van der Waals surface area contributed by atoms with E-state index in [-0.39, 0.29) is 40.5 Å². The minimum absolute atomic E-state index is 0.0269. The summed E-state index contributed by atoms with van der Waals surface area (Å²) < 4.78 is 1.78. The Morgan fingerprint density at radius 3 is 2.45 bits per heavy atom. The lowest BCUT2D eigenvalue weighted by atomic mass is 10.2. The highest BCUT2D eigenvalue weighted by Gasteiger charge is 2.17. The summed E-state index contributed by atoms with van der Waals surface area (Å²) in [5.74, 6) is -1.50. The molecule has 0 unspecified atom stereocenters. The van der Waals surface area contributed by atoms with Crippen molar-refractivity contribution in [1.82, 2.24) is 14.5 Å². The van der Waals surface area contributed by atoms with E-state index in [9.17, 15) is 24.3 Å². The molecule has 2 aromatic carbocycles. The number of benzene rings is 2. The number of phenolic OH excluding ortho intramolecular Hbond substituents is 1. The highest BCUT2D eigenvalue weighted by Crippen LogP contribution is 2.26. The van der Waals surface area contributed by atoms with Gasteiger partial charge in [-0.1, -0.05) is 23.7 Å². The van der Waals surface area contributed by atoms with Gasteiger partial charge in [-0.05, 0) is 30.3 Å². The molecular formula is C20H19ClN4O6. The van der Waals surface area contributed by atoms with Crippen LogP contribution in [0.25, 0.3) is 10.9 Å². The molecule has 0 spiro atoms. The van der Waals surface area contributed by atoms with Gasteiger partial charge in [-0.15, -0.1) is 0 Å². The third-order valence-corrected chi connectivity index (χ3v) is 4.64. The number of aromatic hydroxyl groups is 1. The minimum Gasteiger partial charge on any atom is -0.506 e. The van der Waals surface area contributed by atoms with Gasteiger partial charge in [0.15, 0.2) is 0 Å². The highest BCUT2D eigenvalue weighted by molar-refractivity contribution is 6.31. The number of amides is 2. The van der Waals surface area contributed by atoms with Crippen molar-refractivity contribution in [3.05, 3.63) is 68.3 Å². The van der Waals surface area contributed by atoms with Crippen molar-refractivity contribution in [1.29, 1.82) is 0 Å². The van der Waals surface area contributed by atoms with Crippen LogP contribution in [0.1, 0.15) is 0 Å². The molecule has 11 heteroatoms. The number of fused-ring (bicyclic) bond motifs is 1. The molecule has 2 amide bonds. The molecule has 0 aliphatic carbocycles. The number of phenols is 1. The van der Waals surface area contributed by atoms with Crippen molar-refractivity contribution in [3.8, 4) is 5.75 Å². The Morgan fingerprint density at radius 2 is 1.71 bits per heavy atom. The van der Waals surface area contributed by atoms with Gasteiger partial charge in [-0.3, -0.25) is 23.5 Å². The lowest BCUT2D eigenvalue weighted by molar-refractivity contribution is -0.121. The Labute approximate surface area is 180 Å². The lowest BCUT2D eigenvalue weighted by Gasteiger charge is -2.14. The fourth-order valence-electron chi connectivity index (χ4n) is 3.00. The SMILES string of the molecule is O=C(Cn1c(=O)c2ccccc2n(CC(=O)Nc2cc(Cl)ccc2O)c1=O)NCCO. The summed E-state index contributed by atoms with van der Waals surface area (Å²) in [6, 6.07) is 10.3. The third kappa shape index (κ3) is 4.93. The van der Waals surface area contributed by atoms with Crippen LogP contribution >= 0.6 is 11.6 Å². The molecule has 3 aromatic rings. The molecule has 4 N–H and O–H groups in total. The Hall–Kier alpha value is -3.63. The van der Waals surface area contributed by atoms with Crippen LogP contribution in [0.5, 0.6) is 5.75 Å². The number of carbonyl (C=O) groups excluding carboxylic acids is 2. The van der Waals surface area contributed by atoms with E-state index < -0.39 is 36.2 Å². The zero-order valence-corrected chi connectivity index (χ0v) is 16.9. The molecule has 0 aliphatic heterocycles. The molecule has 0 saturated carbocycles. The van der Waals surface area contributed by atoms with Gasteiger partial charge in [0, 0.05) is 11.6 Å². The fourth-order valence-corrected chi connectivity index (χ4v) is 3.17. The monoisotopic (exact) mass is 446 g/mol. The van der Waals surface area contributed by atoms with E-state index in [1.807, 2.05) is 0 Å². The first-order chi connectivity index (χ1) is 14.8. The highest BCUT2D eigenvalue weighted by atomic mass is 35.5. The van der Waals surface area contributed by atoms with Crippen LogP contribution in [0.3, 0.4) is 0 Å². The molecular weight excluding hydrogens is 428 g/mol. The van der Waals surface area contributed by atoms with E-state index >= 15 is 0 Å². The minimum atomic E-state index is -0.853. The molecule has 0 fully saturated rings. The van der Waals surface area contributed by atoms with E-state index in [2.05, 4.69) is 10.6 Å². The number of carbonyl (C=O) groups is 2. The van der Waals surface area contributed by atoms with Crippen LogP contribution in [0.4, 0.5) is 5.69 Å². The number of rotatable bonds is 7. The molecule has 10 nitrogen and oxygen atoms in total. The maximum Gasteiger partial charge on any atom is 0.332 e. The number of aromatic nitrogens is 2. The molecule has 0 radical (unpaired) electrons. The summed E-state index contributed by atoms with van der Waals surface area (Å²) in [4.78, 5) is 50.3. The molecule has 31 heavy (non-hydrogen) atoms. The van der Waals surface area contributed by atoms with Gasteiger partial charge in [-0.25, -0.2) is 4.79 Å². The zero-order valence-electron chi connectivity index (χ0n) is 16.2. The largest absolute Gasteiger partial charge is 0.506 e. The first-order valence-corrected chi connectivity index (χ1v) is 9.58. The van der Waals surface area contributed by atoms with Gasteiger partial charge >= 0.3 is 5.69 Å². The number of halogens is 1. The molecule has 0 bridgehead atoms. The van der Waals surface area contributed by atoms with Crippen molar-refractivity contribution in [2.24, 2.45) is 0 Å². The zero-order chi connectivity index (χ0) is 22.5. The molecule has 0 saturated heterocycles. The van der Waals surface area contributed by atoms with Crippen LogP contribution in [-0.4, -0.2) is 44.3 Å². The van der Waals surface area contributed by atoms with Crippen molar-refractivity contribution < 1.29 is 19.8 Å². The number of nitrogens with one attached hydrogen (secondary N) is 2. The topological polar surface area (TPSA) is 143 Å². The number of hydrogen-bond donors (Lipinski definition) is 4. The first-order valence-electron chi connectivity index (χ1n) is 9.20. The van der Waals surface area contributed by atoms with Crippen molar-refractivity contribution in [2.45, 2.75) is 13.1 Å². The van der Waals surface area contributed by atoms with Crippen LogP contribution < -0.4 is 21.9 Å². The second-order valence-corrected chi connectivity index (χ2v) is 7.00. The van der Waals surface area contributed by atoms with Gasteiger partial charge in [0.05, 0.1) is 23.2 Å². The van der Waals surface area contributed by atoms with Crippen LogP contribution in [0, 0.1) is 0 Å². The summed E-state index contributed by atoms with van der Waals surface area (Å²) in [6.45, 7) is -1.37. The predicted molar refractivity (Wildman–Crippen MR) is 114 cm³/mol. The number of anilines is 1. The Morgan fingerprint density at radius 1 is 1.00 bits per heavy atom. The second kappa shape index (κ2) is 9.45. The molecule has 1 heterocycles. The van der Waals surface area contributed by atoms with Crippen LogP contribution in [0.2, 0.25) is 5.02 Å². The summed E-state index contributed by atoms with van der Waals surface area (Å²) in [6.07, 6.45) is 0. The van der Waals surface area contributed by atoms with Gasteiger partial charge in [0.2, 0.25) is 11.8 Å². The average Bonchev–Trinajstić information content (AvgIpc) is 2.75. The van der Waals surface area contributed by atoms with E-state index in [4.69, 9.17) is 16.7 Å². The molecule has 3 rings (SSSR count). The standard InChI is InChI=1S/C20H19ClN4O6/c21-12-5-6-16(27)14(9-12)23-18(29)11-24-15-4-2-1-3-13(15)19(30)25(20(24)31)10-17(28)22-7-8-26/h1-6,9,26-27H,7-8,10-11H2,(H,22,28)(H,23,29). The van der Waals surface area contributed by atoms with E-state index in [0.29, 0.717) is 0 Å². The summed E-state index contributed by atoms with van der Waals surface area (Å²) in [5, 5.41) is 24.0. The maximum absolute atomic E-state index is 13.0. The Bertz CT molecular complexity index is 1270. The number of aliphatic hydroxyl groups is 1. The first kappa shape index (κ1) is 22.1. The summed E-state index contributed by atoms with van der Waals surface area (Å²) in [7, 11) is 0. The van der Waals surface area contributed by atoms with E-state index in [1.54, 1.807) is 12.1 Å². The predicted octanol–water partition coefficient (Wildman–Crippen LogP) is 0.269. The van der Waals surface area contributed by atoms with Gasteiger partial charge in [0.1, 0.15) is 18.8 Å². The average molecular weight is 447 g/mol. The lowest BCUT2D eigenvalue weighted by Crippen LogP contribution is -2.45. The summed E-state index contributed by atoms with van der Waals surface area (Å²) >= 11 is 5.88. The number of nitrogens with zero attached hydrogens (tertiary/aromatic N) is 2. The maximum atomic E-state index is 13.0. The number of aliphatic hydroxyl groups excluding tert-OH is 1. The molecule has 1 aromatic heterocycles. The van der Waals surface area contributed by atoms with Gasteiger partial charge in [0.25, 0.3) is 5.56 Å². The van der Waals surface area contributed by atoms with Crippen LogP contribution in [-0.2, 0) is 22.7 Å². The quantitative estimate of drug-likeness (QED) is 0.384. The van der Waals surface area contributed by atoms with E-state index in [0.717, 1.165) is 9.13 Å². The van der Waals surface area contributed by atoms with E-state index in [1.165, 1.54) is 30.3 Å². The van der Waals surface area contributed by atoms with Crippen molar-refractivity contribution in [2.75, 3.05) is 18.5 Å². The van der Waals surface area contributed by atoms with Gasteiger partial charge < -0.3 is 20.8 Å². The summed E-state index contributed by atoms with van der Waals surface area (Å²) in [5.41, 5.74) is -1.25. The normalized spacial score (nSPS) is 10.8. The number of para-hydroxylation sites is 1. The van der Waals surface area contributed by atoms with Gasteiger partial charge in [-0.2, -0.15) is 0 Å². The fraction of sp³-hybridized carbons (Fsp3) is 0.200.